The van der Waals surface area contributed by atoms with Crippen LogP contribution in [-0.4, -0.2) is 50.3 Å². The van der Waals surface area contributed by atoms with E-state index in [0.717, 1.165) is 24.9 Å². The minimum absolute atomic E-state index is 0.196. The van der Waals surface area contributed by atoms with Gasteiger partial charge >= 0.3 is 12.1 Å². The number of amides is 2. The fourth-order valence-electron chi connectivity index (χ4n) is 2.84. The third kappa shape index (κ3) is 7.26. The number of carbonyl (C=O) groups excluding carboxylic acids is 3. The van der Waals surface area contributed by atoms with Crippen molar-refractivity contribution in [3.8, 4) is 0 Å². The van der Waals surface area contributed by atoms with Crippen LogP contribution in [-0.2, 0) is 25.7 Å². The first-order valence-electron chi connectivity index (χ1n) is 9.16. The molecule has 148 valence electrons. The Kier molecular flexibility index (Phi) is 8.57. The number of hydrogen-bond donors (Lipinski definition) is 3. The summed E-state index contributed by atoms with van der Waals surface area (Å²) in [6.07, 6.45) is 2.04. The van der Waals surface area contributed by atoms with Gasteiger partial charge in [-0.3, -0.25) is 4.79 Å². The van der Waals surface area contributed by atoms with Crippen molar-refractivity contribution in [1.82, 2.24) is 16.0 Å². The second kappa shape index (κ2) is 11.2. The Morgan fingerprint density at radius 1 is 1.26 bits per heavy atom. The van der Waals surface area contributed by atoms with Crippen LogP contribution in [0, 0.1) is 0 Å². The molecule has 0 spiro atoms. The van der Waals surface area contributed by atoms with Crippen LogP contribution < -0.4 is 16.0 Å². The molecule has 1 aromatic carbocycles. The Labute approximate surface area is 159 Å². The van der Waals surface area contributed by atoms with Crippen molar-refractivity contribution in [1.29, 1.82) is 0 Å². The van der Waals surface area contributed by atoms with Crippen LogP contribution >= 0.6 is 0 Å². The van der Waals surface area contributed by atoms with Gasteiger partial charge in [0.15, 0.2) is 0 Å². The van der Waals surface area contributed by atoms with Gasteiger partial charge in [0.05, 0.1) is 13.2 Å². The summed E-state index contributed by atoms with van der Waals surface area (Å²) in [5.41, 5.74) is 0.904. The molecule has 8 heteroatoms. The van der Waals surface area contributed by atoms with E-state index >= 15 is 0 Å². The van der Waals surface area contributed by atoms with Crippen molar-refractivity contribution in [3.63, 3.8) is 0 Å². The topological polar surface area (TPSA) is 106 Å². The maximum absolute atomic E-state index is 12.2. The lowest BCUT2D eigenvalue weighted by atomic mass is 10.1. The van der Waals surface area contributed by atoms with Gasteiger partial charge in [0.25, 0.3) is 0 Å². The fourth-order valence-corrected chi connectivity index (χ4v) is 2.84. The van der Waals surface area contributed by atoms with E-state index < -0.39 is 18.1 Å². The molecule has 27 heavy (non-hydrogen) atoms. The summed E-state index contributed by atoms with van der Waals surface area (Å²) in [7, 11) is 1.29. The Bertz CT molecular complexity index is 617. The van der Waals surface area contributed by atoms with E-state index in [1.54, 1.807) is 0 Å². The fraction of sp³-hybridized carbons (Fsp3) is 0.526. The van der Waals surface area contributed by atoms with E-state index in [1.807, 2.05) is 30.3 Å². The monoisotopic (exact) mass is 377 g/mol. The number of hydrogen-bond acceptors (Lipinski definition) is 6. The molecule has 1 heterocycles. The van der Waals surface area contributed by atoms with Gasteiger partial charge < -0.3 is 25.4 Å². The standard InChI is InChI=1S/C19H27N3O5/c1-26-18(24)16(22-17(23)15-9-5-11-20-15)10-6-12-21-19(25)27-13-14-7-3-2-4-8-14/h2-4,7-8,15-16,20H,5-6,9-13H2,1H3,(H,21,25)(H,22,23)/t15-,16+/m1/s1. The van der Waals surface area contributed by atoms with Crippen molar-refractivity contribution < 1.29 is 23.9 Å². The van der Waals surface area contributed by atoms with Gasteiger partial charge in [-0.2, -0.15) is 0 Å². The average Bonchev–Trinajstić information content (AvgIpc) is 3.23. The molecule has 2 amide bonds. The van der Waals surface area contributed by atoms with Gasteiger partial charge in [0, 0.05) is 6.54 Å². The Morgan fingerprint density at radius 2 is 2.04 bits per heavy atom. The van der Waals surface area contributed by atoms with Crippen molar-refractivity contribution in [2.24, 2.45) is 0 Å². The molecule has 1 aliphatic heterocycles. The normalized spacial score (nSPS) is 17.0. The van der Waals surface area contributed by atoms with E-state index in [-0.39, 0.29) is 18.6 Å². The Balaban J connectivity index is 1.67. The maximum Gasteiger partial charge on any atom is 0.407 e. The number of rotatable bonds is 9. The van der Waals surface area contributed by atoms with Crippen LogP contribution in [0.15, 0.2) is 30.3 Å². The highest BCUT2D eigenvalue weighted by molar-refractivity contribution is 5.87. The van der Waals surface area contributed by atoms with E-state index in [2.05, 4.69) is 16.0 Å². The summed E-state index contributed by atoms with van der Waals surface area (Å²) in [5.74, 6) is -0.689. The van der Waals surface area contributed by atoms with Gasteiger partial charge in [-0.1, -0.05) is 30.3 Å². The summed E-state index contributed by atoms with van der Waals surface area (Å²) in [6, 6.07) is 8.39. The van der Waals surface area contributed by atoms with Gasteiger partial charge in [0.2, 0.25) is 5.91 Å². The zero-order chi connectivity index (χ0) is 19.5. The number of benzene rings is 1. The zero-order valence-electron chi connectivity index (χ0n) is 15.5. The number of alkyl carbamates (subject to hydrolysis) is 1. The number of carbonyl (C=O) groups is 3. The minimum Gasteiger partial charge on any atom is -0.467 e. The molecular weight excluding hydrogens is 350 g/mol. The quantitative estimate of drug-likeness (QED) is 0.440. The number of nitrogens with one attached hydrogen (secondary N) is 3. The first-order valence-corrected chi connectivity index (χ1v) is 9.16. The number of methoxy groups -OCH3 is 1. The molecule has 0 radical (unpaired) electrons. The summed E-state index contributed by atoms with van der Waals surface area (Å²) >= 11 is 0. The summed E-state index contributed by atoms with van der Waals surface area (Å²) < 4.78 is 9.87. The molecule has 0 bridgehead atoms. The molecule has 1 saturated heterocycles. The van der Waals surface area contributed by atoms with Crippen LogP contribution in [0.5, 0.6) is 0 Å². The lowest BCUT2D eigenvalue weighted by molar-refractivity contribution is -0.145. The van der Waals surface area contributed by atoms with Crippen LogP contribution in [0.2, 0.25) is 0 Å². The number of ether oxygens (including phenoxy) is 2. The molecule has 0 saturated carbocycles. The largest absolute Gasteiger partial charge is 0.467 e. The van der Waals surface area contributed by atoms with E-state index in [4.69, 9.17) is 9.47 Å². The van der Waals surface area contributed by atoms with Crippen molar-refractivity contribution >= 4 is 18.0 Å². The highest BCUT2D eigenvalue weighted by Crippen LogP contribution is 2.07. The Hall–Kier alpha value is -2.61. The second-order valence-corrected chi connectivity index (χ2v) is 6.36. The predicted octanol–water partition coefficient (Wildman–Crippen LogP) is 1.10. The molecule has 0 unspecified atom stereocenters. The average molecular weight is 377 g/mol. The van der Waals surface area contributed by atoms with Crippen molar-refractivity contribution in [2.75, 3.05) is 20.2 Å². The van der Waals surface area contributed by atoms with Crippen LogP contribution in [0.3, 0.4) is 0 Å². The van der Waals surface area contributed by atoms with E-state index in [0.29, 0.717) is 19.4 Å². The molecule has 1 aliphatic rings. The summed E-state index contributed by atoms with van der Waals surface area (Å²) in [4.78, 5) is 35.7. The lowest BCUT2D eigenvalue weighted by Crippen LogP contribution is -2.48. The molecule has 1 fully saturated rings. The molecule has 1 aromatic rings. The predicted molar refractivity (Wildman–Crippen MR) is 98.8 cm³/mol. The first-order chi connectivity index (χ1) is 13.1. The smallest absolute Gasteiger partial charge is 0.407 e. The second-order valence-electron chi connectivity index (χ2n) is 6.36. The third-order valence-corrected chi connectivity index (χ3v) is 4.33. The lowest BCUT2D eigenvalue weighted by Gasteiger charge is -2.19. The molecule has 3 N–H and O–H groups in total. The summed E-state index contributed by atoms with van der Waals surface area (Å²) in [5, 5.41) is 8.45. The SMILES string of the molecule is COC(=O)[C@H](CCCNC(=O)OCc1ccccc1)NC(=O)[C@H]1CCCN1. The highest BCUT2D eigenvalue weighted by Gasteiger charge is 2.27. The van der Waals surface area contributed by atoms with Crippen LogP contribution in [0.25, 0.3) is 0 Å². The van der Waals surface area contributed by atoms with Gasteiger partial charge in [-0.15, -0.1) is 0 Å². The maximum atomic E-state index is 12.2. The summed E-state index contributed by atoms with van der Waals surface area (Å²) in [6.45, 7) is 1.33. The molecule has 8 nitrogen and oxygen atoms in total. The Morgan fingerprint density at radius 3 is 2.70 bits per heavy atom. The highest BCUT2D eigenvalue weighted by atomic mass is 16.5. The van der Waals surface area contributed by atoms with Crippen LogP contribution in [0.4, 0.5) is 4.79 Å². The molecular formula is C19H27N3O5. The third-order valence-electron chi connectivity index (χ3n) is 4.33. The first kappa shape index (κ1) is 20.7. The van der Waals surface area contributed by atoms with Gasteiger partial charge in [-0.25, -0.2) is 9.59 Å². The zero-order valence-corrected chi connectivity index (χ0v) is 15.5. The van der Waals surface area contributed by atoms with E-state index in [9.17, 15) is 14.4 Å². The van der Waals surface area contributed by atoms with Crippen molar-refractivity contribution in [2.45, 2.75) is 44.4 Å². The van der Waals surface area contributed by atoms with Gasteiger partial charge in [0.1, 0.15) is 12.6 Å². The molecule has 0 aromatic heterocycles. The molecule has 2 atom stereocenters. The van der Waals surface area contributed by atoms with Gasteiger partial charge in [-0.05, 0) is 37.8 Å². The molecule has 2 rings (SSSR count). The van der Waals surface area contributed by atoms with Crippen molar-refractivity contribution in [3.05, 3.63) is 35.9 Å². The van der Waals surface area contributed by atoms with Crippen LogP contribution in [0.1, 0.15) is 31.2 Å². The van der Waals surface area contributed by atoms with E-state index in [1.165, 1.54) is 7.11 Å². The number of esters is 1. The minimum atomic E-state index is -0.730. The molecule has 0 aliphatic carbocycles.